The van der Waals surface area contributed by atoms with Gasteiger partial charge in [-0.25, -0.2) is 0 Å². The van der Waals surface area contributed by atoms with Crippen LogP contribution in [-0.4, -0.2) is 21.9 Å². The number of H-pyrrole nitrogens is 1. The Labute approximate surface area is 166 Å². The zero-order valence-electron chi connectivity index (χ0n) is 17.2. The number of amides is 1. The summed E-state index contributed by atoms with van der Waals surface area (Å²) in [7, 11) is 0. The van der Waals surface area contributed by atoms with Crippen molar-refractivity contribution in [3.8, 4) is 0 Å². The first-order chi connectivity index (χ1) is 13.0. The Kier molecular flexibility index (Phi) is 6.23. The van der Waals surface area contributed by atoms with Gasteiger partial charge < -0.3 is 11.1 Å². The highest BCUT2D eigenvalue weighted by Gasteiger charge is 2.21. The summed E-state index contributed by atoms with van der Waals surface area (Å²) in [4.78, 5) is 12.3. The predicted molar refractivity (Wildman–Crippen MR) is 116 cm³/mol. The number of nitrogens with zero attached hydrogens (tertiary/aromatic N) is 1. The third kappa shape index (κ3) is 4.97. The van der Waals surface area contributed by atoms with Crippen LogP contribution in [0.3, 0.4) is 0 Å². The number of allylic oxidation sites excluding steroid dienone is 5. The number of amidine groups is 1. The van der Waals surface area contributed by atoms with Gasteiger partial charge in [0.15, 0.2) is 0 Å². The summed E-state index contributed by atoms with van der Waals surface area (Å²) in [5, 5.41) is 18.4. The van der Waals surface area contributed by atoms with Gasteiger partial charge in [0.2, 0.25) is 5.91 Å². The van der Waals surface area contributed by atoms with Crippen LogP contribution in [0.1, 0.15) is 52.3 Å². The normalized spacial score (nSPS) is 12.9. The first kappa shape index (κ1) is 21.2. The summed E-state index contributed by atoms with van der Waals surface area (Å²) in [6.45, 7) is 13.6. The molecule has 2 aromatic rings. The third-order valence-electron chi connectivity index (χ3n) is 4.33. The summed E-state index contributed by atoms with van der Waals surface area (Å²) >= 11 is 0. The third-order valence-corrected chi connectivity index (χ3v) is 4.33. The van der Waals surface area contributed by atoms with Crippen molar-refractivity contribution >= 4 is 28.2 Å². The predicted octanol–water partition coefficient (Wildman–Crippen LogP) is 4.26. The van der Waals surface area contributed by atoms with Crippen molar-refractivity contribution in [2.45, 2.75) is 41.0 Å². The molecular formula is C22H29N5O. The number of rotatable bonds is 6. The smallest absolute Gasteiger partial charge is 0.229 e. The molecule has 148 valence electrons. The Morgan fingerprint density at radius 1 is 1.36 bits per heavy atom. The molecule has 0 spiro atoms. The SMILES string of the molecule is C=C(/C=C(\C=C(/C)NC(=O)C(C)(C)C)c1ccc2[nH]nc(C(=N)N)c2c1)CC. The Hall–Kier alpha value is -3.15. The zero-order valence-corrected chi connectivity index (χ0v) is 17.2. The molecule has 0 saturated heterocycles. The van der Waals surface area contributed by atoms with E-state index in [2.05, 4.69) is 22.1 Å². The summed E-state index contributed by atoms with van der Waals surface area (Å²) in [6.07, 6.45) is 4.75. The number of aromatic amines is 1. The number of carbonyl (C=O) groups is 1. The number of hydrogen-bond acceptors (Lipinski definition) is 3. The summed E-state index contributed by atoms with van der Waals surface area (Å²) in [5.74, 6) is -0.130. The van der Waals surface area contributed by atoms with E-state index < -0.39 is 5.41 Å². The minimum atomic E-state index is -0.474. The molecule has 0 saturated carbocycles. The van der Waals surface area contributed by atoms with Crippen LogP contribution >= 0.6 is 0 Å². The molecule has 1 aromatic carbocycles. The first-order valence-electron chi connectivity index (χ1n) is 9.25. The molecule has 0 unspecified atom stereocenters. The number of nitrogens with one attached hydrogen (secondary N) is 3. The summed E-state index contributed by atoms with van der Waals surface area (Å²) in [6, 6.07) is 5.82. The van der Waals surface area contributed by atoms with Crippen molar-refractivity contribution < 1.29 is 4.79 Å². The fraction of sp³-hybridized carbons (Fsp3) is 0.318. The van der Waals surface area contributed by atoms with E-state index in [0.29, 0.717) is 5.69 Å². The Morgan fingerprint density at radius 3 is 2.61 bits per heavy atom. The molecule has 2 rings (SSSR count). The highest BCUT2D eigenvalue weighted by molar-refractivity contribution is 6.06. The quantitative estimate of drug-likeness (QED) is 0.342. The average molecular weight is 380 g/mol. The number of aromatic nitrogens is 2. The Balaban J connectivity index is 2.51. The maximum Gasteiger partial charge on any atom is 0.229 e. The highest BCUT2D eigenvalue weighted by atomic mass is 16.2. The van der Waals surface area contributed by atoms with E-state index in [1.165, 1.54) is 0 Å². The van der Waals surface area contributed by atoms with E-state index in [0.717, 1.165) is 39.7 Å². The summed E-state index contributed by atoms with van der Waals surface area (Å²) < 4.78 is 0. The van der Waals surface area contributed by atoms with Gasteiger partial charge in [-0.3, -0.25) is 15.3 Å². The van der Waals surface area contributed by atoms with Crippen molar-refractivity contribution in [3.63, 3.8) is 0 Å². The molecule has 0 atom stereocenters. The van der Waals surface area contributed by atoms with Gasteiger partial charge in [0.05, 0.1) is 5.52 Å². The second-order valence-corrected chi connectivity index (χ2v) is 7.89. The lowest BCUT2D eigenvalue weighted by Gasteiger charge is -2.18. The van der Waals surface area contributed by atoms with Crippen molar-refractivity contribution in [3.05, 3.63) is 59.5 Å². The van der Waals surface area contributed by atoms with Crippen molar-refractivity contribution in [1.29, 1.82) is 5.41 Å². The molecule has 0 radical (unpaired) electrons. The van der Waals surface area contributed by atoms with Crippen LogP contribution in [0.2, 0.25) is 0 Å². The van der Waals surface area contributed by atoms with Gasteiger partial charge >= 0.3 is 0 Å². The molecule has 5 N–H and O–H groups in total. The van der Waals surface area contributed by atoms with Gasteiger partial charge in [-0.2, -0.15) is 5.10 Å². The maximum absolute atomic E-state index is 12.3. The lowest BCUT2D eigenvalue weighted by molar-refractivity contribution is -0.127. The molecule has 6 nitrogen and oxygen atoms in total. The van der Waals surface area contributed by atoms with Gasteiger partial charge in [0, 0.05) is 16.5 Å². The van der Waals surface area contributed by atoms with E-state index in [1.807, 2.05) is 65.0 Å². The minimum Gasteiger partial charge on any atom is -0.382 e. The monoisotopic (exact) mass is 379 g/mol. The van der Waals surface area contributed by atoms with Crippen LogP contribution in [0.25, 0.3) is 16.5 Å². The lowest BCUT2D eigenvalue weighted by Crippen LogP contribution is -2.33. The first-order valence-corrected chi connectivity index (χ1v) is 9.25. The van der Waals surface area contributed by atoms with Crippen LogP contribution in [0, 0.1) is 10.8 Å². The van der Waals surface area contributed by atoms with E-state index in [9.17, 15) is 4.79 Å². The van der Waals surface area contributed by atoms with Crippen molar-refractivity contribution in [1.82, 2.24) is 15.5 Å². The van der Waals surface area contributed by atoms with E-state index in [4.69, 9.17) is 11.1 Å². The number of fused-ring (bicyclic) bond motifs is 1. The minimum absolute atomic E-state index is 0.0425. The second-order valence-electron chi connectivity index (χ2n) is 7.89. The Morgan fingerprint density at radius 2 is 2.04 bits per heavy atom. The number of carbonyl (C=O) groups excluding carboxylic acids is 1. The van der Waals surface area contributed by atoms with E-state index >= 15 is 0 Å². The van der Waals surface area contributed by atoms with Gasteiger partial charge in [0.1, 0.15) is 11.5 Å². The van der Waals surface area contributed by atoms with Gasteiger partial charge in [0.25, 0.3) is 0 Å². The topological polar surface area (TPSA) is 108 Å². The fourth-order valence-electron chi connectivity index (χ4n) is 2.57. The van der Waals surface area contributed by atoms with Crippen molar-refractivity contribution in [2.24, 2.45) is 11.1 Å². The van der Waals surface area contributed by atoms with E-state index in [1.54, 1.807) is 0 Å². The van der Waals surface area contributed by atoms with E-state index in [-0.39, 0.29) is 11.7 Å². The number of hydrogen-bond donors (Lipinski definition) is 4. The average Bonchev–Trinajstić information content (AvgIpc) is 3.03. The maximum atomic E-state index is 12.3. The fourth-order valence-corrected chi connectivity index (χ4v) is 2.57. The molecule has 0 aliphatic carbocycles. The number of nitrogens with two attached hydrogens (primary N) is 1. The van der Waals surface area contributed by atoms with Gasteiger partial charge in [-0.05, 0) is 42.7 Å². The molecule has 0 aliphatic rings. The van der Waals surface area contributed by atoms with Crippen LogP contribution in [-0.2, 0) is 4.79 Å². The van der Waals surface area contributed by atoms with Crippen molar-refractivity contribution in [2.75, 3.05) is 0 Å². The van der Waals surface area contributed by atoms with Crippen LogP contribution < -0.4 is 11.1 Å². The standard InChI is InChI=1S/C22H29N5O/c1-7-13(2)10-16(11-14(3)25-21(28)22(4,5)6)15-8-9-18-17(12-15)19(20(23)24)27-26-18/h8-12H,2,7H2,1,3-6H3,(H3,23,24)(H,25,28)(H,26,27)/b14-11+,16-10+. The van der Waals surface area contributed by atoms with Crippen LogP contribution in [0.4, 0.5) is 0 Å². The van der Waals surface area contributed by atoms with Gasteiger partial charge in [-0.1, -0.05) is 52.0 Å². The Bertz CT molecular complexity index is 986. The molecule has 1 aromatic heterocycles. The lowest BCUT2D eigenvalue weighted by atomic mass is 9.95. The molecule has 0 bridgehead atoms. The highest BCUT2D eigenvalue weighted by Crippen LogP contribution is 2.25. The molecular weight excluding hydrogens is 350 g/mol. The zero-order chi connectivity index (χ0) is 21.1. The number of benzene rings is 1. The largest absolute Gasteiger partial charge is 0.382 e. The molecule has 1 amide bonds. The second kappa shape index (κ2) is 8.25. The molecule has 6 heteroatoms. The van der Waals surface area contributed by atoms with Crippen LogP contribution in [0.5, 0.6) is 0 Å². The van der Waals surface area contributed by atoms with Crippen LogP contribution in [0.15, 0.2) is 48.2 Å². The summed E-state index contributed by atoms with van der Waals surface area (Å²) in [5.41, 5.74) is 9.96. The molecule has 1 heterocycles. The number of nitrogen functional groups attached to an aromatic ring is 1. The van der Waals surface area contributed by atoms with Gasteiger partial charge in [-0.15, -0.1) is 0 Å². The molecule has 0 aliphatic heterocycles. The molecule has 28 heavy (non-hydrogen) atoms. The molecule has 0 fully saturated rings.